The Bertz CT molecular complexity index is 624. The second-order valence-corrected chi connectivity index (χ2v) is 7.64. The molecule has 0 N–H and O–H groups in total. The number of carbonyl (C=O) groups excluding carboxylic acids is 1. The third-order valence-corrected chi connectivity index (χ3v) is 5.92. The second kappa shape index (κ2) is 8.40. The Balaban J connectivity index is 1.58. The van der Waals surface area contributed by atoms with Crippen molar-refractivity contribution in [3.05, 3.63) is 29.3 Å². The summed E-state index contributed by atoms with van der Waals surface area (Å²) in [4.78, 5) is 16.7. The number of methoxy groups -OCH3 is 1. The molecule has 2 heterocycles. The zero-order valence-corrected chi connectivity index (χ0v) is 16.4. The molecule has 1 spiro atoms. The van der Waals surface area contributed by atoms with Crippen LogP contribution in [-0.4, -0.2) is 55.6 Å². The normalized spacial score (nSPS) is 20.1. The molecule has 0 aromatic heterocycles. The summed E-state index contributed by atoms with van der Waals surface area (Å²) >= 11 is 0. The molecule has 0 aliphatic carbocycles. The summed E-state index contributed by atoms with van der Waals surface area (Å²) in [6.07, 6.45) is 2.99. The minimum absolute atomic E-state index is 0.226. The minimum atomic E-state index is 0.226. The van der Waals surface area contributed by atoms with Crippen LogP contribution in [0.15, 0.2) is 18.2 Å². The predicted octanol–water partition coefficient (Wildman–Crippen LogP) is 3.07. The molecule has 0 bridgehead atoms. The van der Waals surface area contributed by atoms with Gasteiger partial charge in [-0.2, -0.15) is 0 Å². The largest absolute Gasteiger partial charge is 0.496 e. The lowest BCUT2D eigenvalue weighted by Crippen LogP contribution is -2.41. The summed E-state index contributed by atoms with van der Waals surface area (Å²) in [6, 6.07) is 6.40. The molecule has 2 aliphatic heterocycles. The molecule has 1 amide bonds. The van der Waals surface area contributed by atoms with Gasteiger partial charge in [0.05, 0.1) is 13.7 Å². The van der Waals surface area contributed by atoms with Gasteiger partial charge < -0.3 is 14.4 Å². The first-order valence-electron chi connectivity index (χ1n) is 9.83. The van der Waals surface area contributed by atoms with Gasteiger partial charge >= 0.3 is 0 Å². The van der Waals surface area contributed by atoms with Crippen molar-refractivity contribution in [2.24, 2.45) is 5.41 Å². The van der Waals surface area contributed by atoms with Crippen molar-refractivity contribution >= 4 is 5.91 Å². The molecule has 1 aromatic rings. The van der Waals surface area contributed by atoms with Gasteiger partial charge in [-0.25, -0.2) is 0 Å². The SMILES string of the molecule is CCOCc1cc(CN2CCC3(CC2)CC(=O)N(CC)C3)ccc1OC. The summed E-state index contributed by atoms with van der Waals surface area (Å²) in [5.74, 6) is 1.24. The number of hydrogen-bond acceptors (Lipinski definition) is 4. The number of amides is 1. The van der Waals surface area contributed by atoms with Crippen LogP contribution >= 0.6 is 0 Å². The summed E-state index contributed by atoms with van der Waals surface area (Å²) in [7, 11) is 1.71. The first-order valence-corrected chi connectivity index (χ1v) is 9.83. The molecule has 2 fully saturated rings. The fraction of sp³-hybridized carbons (Fsp3) is 0.667. The maximum atomic E-state index is 12.1. The van der Waals surface area contributed by atoms with Gasteiger partial charge in [-0.3, -0.25) is 9.69 Å². The maximum Gasteiger partial charge on any atom is 0.223 e. The molecule has 144 valence electrons. The van der Waals surface area contributed by atoms with E-state index in [1.54, 1.807) is 7.11 Å². The number of benzene rings is 1. The van der Waals surface area contributed by atoms with E-state index in [9.17, 15) is 4.79 Å². The topological polar surface area (TPSA) is 42.0 Å². The molecule has 1 aromatic carbocycles. The lowest BCUT2D eigenvalue weighted by atomic mass is 9.77. The summed E-state index contributed by atoms with van der Waals surface area (Å²) in [5.41, 5.74) is 2.64. The van der Waals surface area contributed by atoms with E-state index in [1.165, 1.54) is 5.56 Å². The molecule has 2 saturated heterocycles. The molecule has 26 heavy (non-hydrogen) atoms. The summed E-state index contributed by atoms with van der Waals surface area (Å²) in [5, 5.41) is 0. The van der Waals surface area contributed by atoms with Crippen molar-refractivity contribution in [3.63, 3.8) is 0 Å². The third kappa shape index (κ3) is 4.21. The molecule has 5 heteroatoms. The monoisotopic (exact) mass is 360 g/mol. The second-order valence-electron chi connectivity index (χ2n) is 7.64. The molecule has 0 saturated carbocycles. The van der Waals surface area contributed by atoms with Crippen LogP contribution in [0.2, 0.25) is 0 Å². The van der Waals surface area contributed by atoms with Crippen molar-refractivity contribution in [1.82, 2.24) is 9.80 Å². The number of ether oxygens (including phenoxy) is 2. The van der Waals surface area contributed by atoms with Crippen LogP contribution in [0.1, 0.15) is 44.2 Å². The van der Waals surface area contributed by atoms with E-state index >= 15 is 0 Å². The molecule has 2 aliphatic rings. The van der Waals surface area contributed by atoms with Crippen LogP contribution in [0.25, 0.3) is 0 Å². The van der Waals surface area contributed by atoms with E-state index in [0.29, 0.717) is 19.1 Å². The highest BCUT2D eigenvalue weighted by molar-refractivity contribution is 5.79. The Morgan fingerprint density at radius 2 is 1.96 bits per heavy atom. The number of hydrogen-bond donors (Lipinski definition) is 0. The summed E-state index contributed by atoms with van der Waals surface area (Å²) < 4.78 is 11.0. The Hall–Kier alpha value is -1.59. The van der Waals surface area contributed by atoms with Crippen molar-refractivity contribution in [2.45, 2.75) is 46.3 Å². The van der Waals surface area contributed by atoms with E-state index in [0.717, 1.165) is 63.3 Å². The number of likely N-dealkylation sites (tertiary alicyclic amines) is 2. The van der Waals surface area contributed by atoms with E-state index in [-0.39, 0.29) is 5.41 Å². The molecule has 0 atom stereocenters. The molecule has 3 rings (SSSR count). The van der Waals surface area contributed by atoms with Gasteiger partial charge in [0.2, 0.25) is 5.91 Å². The number of nitrogens with zero attached hydrogens (tertiary/aromatic N) is 2. The first-order chi connectivity index (χ1) is 12.6. The highest BCUT2D eigenvalue weighted by atomic mass is 16.5. The minimum Gasteiger partial charge on any atom is -0.496 e. The molecule has 5 nitrogen and oxygen atoms in total. The maximum absolute atomic E-state index is 12.1. The zero-order valence-electron chi connectivity index (χ0n) is 16.4. The average Bonchev–Trinajstić information content (AvgIpc) is 2.97. The highest BCUT2D eigenvalue weighted by Gasteiger charge is 2.44. The van der Waals surface area contributed by atoms with Gasteiger partial charge in [0.1, 0.15) is 5.75 Å². The highest BCUT2D eigenvalue weighted by Crippen LogP contribution is 2.41. The Morgan fingerprint density at radius 1 is 1.19 bits per heavy atom. The molecule has 0 radical (unpaired) electrons. The van der Waals surface area contributed by atoms with Gasteiger partial charge in [-0.05, 0) is 62.9 Å². The van der Waals surface area contributed by atoms with Gasteiger partial charge in [-0.1, -0.05) is 6.07 Å². The van der Waals surface area contributed by atoms with E-state index in [4.69, 9.17) is 9.47 Å². The van der Waals surface area contributed by atoms with E-state index in [2.05, 4.69) is 24.0 Å². The molecular weight excluding hydrogens is 328 g/mol. The molecular formula is C21H32N2O3. The third-order valence-electron chi connectivity index (χ3n) is 5.92. The van der Waals surface area contributed by atoms with Crippen LogP contribution in [0.4, 0.5) is 0 Å². The van der Waals surface area contributed by atoms with Gasteiger partial charge in [0.25, 0.3) is 0 Å². The fourth-order valence-electron chi connectivity index (χ4n) is 4.30. The van der Waals surface area contributed by atoms with Crippen LogP contribution in [0.5, 0.6) is 5.75 Å². The lowest BCUT2D eigenvalue weighted by Gasteiger charge is -2.38. The standard InChI is InChI=1S/C21H32N2O3/c1-4-23-16-21(13-20(23)24)8-10-22(11-9-21)14-17-6-7-19(25-3)18(12-17)15-26-5-2/h6-7,12H,4-5,8-11,13-16H2,1-3H3. The number of carbonyl (C=O) groups is 1. The number of piperidine rings is 1. The Morgan fingerprint density at radius 3 is 2.58 bits per heavy atom. The zero-order chi connectivity index (χ0) is 18.6. The number of rotatable bonds is 7. The van der Waals surface area contributed by atoms with Crippen LogP contribution < -0.4 is 4.74 Å². The quantitative estimate of drug-likeness (QED) is 0.749. The van der Waals surface area contributed by atoms with Crippen LogP contribution in [0.3, 0.4) is 0 Å². The van der Waals surface area contributed by atoms with Crippen LogP contribution in [0, 0.1) is 5.41 Å². The predicted molar refractivity (Wildman–Crippen MR) is 102 cm³/mol. The Kier molecular flexibility index (Phi) is 6.20. The van der Waals surface area contributed by atoms with E-state index < -0.39 is 0 Å². The van der Waals surface area contributed by atoms with Gasteiger partial charge in [0, 0.05) is 38.2 Å². The smallest absolute Gasteiger partial charge is 0.223 e. The average molecular weight is 360 g/mol. The van der Waals surface area contributed by atoms with Gasteiger partial charge in [-0.15, -0.1) is 0 Å². The lowest BCUT2D eigenvalue weighted by molar-refractivity contribution is -0.127. The van der Waals surface area contributed by atoms with Crippen molar-refractivity contribution < 1.29 is 14.3 Å². The summed E-state index contributed by atoms with van der Waals surface area (Å²) in [6.45, 7) is 10.3. The fourth-order valence-corrected chi connectivity index (χ4v) is 4.30. The van der Waals surface area contributed by atoms with Crippen molar-refractivity contribution in [1.29, 1.82) is 0 Å². The van der Waals surface area contributed by atoms with Crippen molar-refractivity contribution in [3.8, 4) is 5.75 Å². The Labute approximate surface area is 157 Å². The molecule has 0 unspecified atom stereocenters. The van der Waals surface area contributed by atoms with Crippen LogP contribution in [-0.2, 0) is 22.7 Å². The van der Waals surface area contributed by atoms with Gasteiger partial charge in [0.15, 0.2) is 0 Å². The first kappa shape index (κ1) is 19.2. The van der Waals surface area contributed by atoms with Crippen molar-refractivity contribution in [2.75, 3.05) is 39.9 Å². The van der Waals surface area contributed by atoms with E-state index in [1.807, 2.05) is 17.9 Å².